The topological polar surface area (TPSA) is 24.5 Å². The molecule has 0 radical (unpaired) electrons. The molecule has 3 nitrogen and oxygen atoms in total. The fraction of sp³-hybridized carbons (Fsp3) is 0.600. The predicted molar refractivity (Wildman–Crippen MR) is 75.2 cm³/mol. The summed E-state index contributed by atoms with van der Waals surface area (Å²) in [7, 11) is 6.10. The molecule has 0 bridgehead atoms. The Bertz CT molecular complexity index is 384. The highest BCUT2D eigenvalue weighted by atomic mass is 16.5. The van der Waals surface area contributed by atoms with Crippen LogP contribution in [0.25, 0.3) is 0 Å². The van der Waals surface area contributed by atoms with E-state index < -0.39 is 0 Å². The molecule has 1 unspecified atom stereocenters. The second kappa shape index (κ2) is 5.72. The number of rotatable bonds is 4. The summed E-state index contributed by atoms with van der Waals surface area (Å²) in [6.07, 6.45) is 3.58. The molecule has 1 aliphatic rings. The lowest BCUT2D eigenvalue weighted by molar-refractivity contribution is 0.114. The van der Waals surface area contributed by atoms with E-state index in [0.29, 0.717) is 0 Å². The van der Waals surface area contributed by atoms with Gasteiger partial charge in [0.05, 0.1) is 7.11 Å². The van der Waals surface area contributed by atoms with Crippen molar-refractivity contribution in [2.75, 3.05) is 34.3 Å². The van der Waals surface area contributed by atoms with Crippen molar-refractivity contribution in [2.45, 2.75) is 24.8 Å². The Labute approximate surface area is 110 Å². The van der Waals surface area contributed by atoms with Gasteiger partial charge in [0, 0.05) is 12.1 Å². The summed E-state index contributed by atoms with van der Waals surface area (Å²) in [5.41, 5.74) is 1.59. The summed E-state index contributed by atoms with van der Waals surface area (Å²) in [5, 5.41) is 3.53. The van der Waals surface area contributed by atoms with Crippen molar-refractivity contribution < 1.29 is 4.74 Å². The van der Waals surface area contributed by atoms with Crippen LogP contribution in [0.2, 0.25) is 0 Å². The van der Waals surface area contributed by atoms with Crippen molar-refractivity contribution in [3.8, 4) is 5.75 Å². The summed E-state index contributed by atoms with van der Waals surface area (Å²) in [6.45, 7) is 2.21. The minimum atomic E-state index is 0.241. The highest BCUT2D eigenvalue weighted by molar-refractivity contribution is 5.30. The van der Waals surface area contributed by atoms with Crippen LogP contribution >= 0.6 is 0 Å². The second-order valence-electron chi connectivity index (χ2n) is 5.43. The molecule has 3 heteroatoms. The van der Waals surface area contributed by atoms with Crippen LogP contribution in [0.3, 0.4) is 0 Å². The molecule has 0 aromatic heterocycles. The maximum Gasteiger partial charge on any atom is 0.119 e. The maximum atomic E-state index is 5.31. The molecule has 1 fully saturated rings. The van der Waals surface area contributed by atoms with E-state index in [1.807, 2.05) is 6.07 Å². The molecule has 1 heterocycles. The van der Waals surface area contributed by atoms with Crippen LogP contribution in [0, 0.1) is 0 Å². The van der Waals surface area contributed by atoms with Crippen LogP contribution < -0.4 is 10.1 Å². The van der Waals surface area contributed by atoms with Crippen molar-refractivity contribution in [3.05, 3.63) is 29.8 Å². The third kappa shape index (κ3) is 2.85. The summed E-state index contributed by atoms with van der Waals surface area (Å²) in [4.78, 5) is 2.37. The van der Waals surface area contributed by atoms with Crippen LogP contribution in [0.15, 0.2) is 24.3 Å². The van der Waals surface area contributed by atoms with Gasteiger partial charge in [0.15, 0.2) is 0 Å². The molecule has 0 spiro atoms. The quantitative estimate of drug-likeness (QED) is 0.881. The molecule has 0 saturated carbocycles. The number of likely N-dealkylation sites (N-methyl/N-ethyl adjacent to an activating group) is 1. The van der Waals surface area contributed by atoms with E-state index in [2.05, 4.69) is 42.5 Å². The zero-order valence-electron chi connectivity index (χ0n) is 11.7. The molecule has 0 amide bonds. The molecule has 1 N–H and O–H groups in total. The number of hydrogen-bond acceptors (Lipinski definition) is 3. The Kier molecular flexibility index (Phi) is 4.25. The van der Waals surface area contributed by atoms with Gasteiger partial charge in [-0.05, 0) is 57.6 Å². The normalized spacial score (nSPS) is 24.2. The van der Waals surface area contributed by atoms with Crippen LogP contribution in [-0.2, 0) is 6.42 Å². The van der Waals surface area contributed by atoms with Crippen molar-refractivity contribution in [1.29, 1.82) is 0 Å². The molecule has 2 rings (SSSR count). The molecular formula is C15H24N2O. The fourth-order valence-electron chi connectivity index (χ4n) is 2.81. The van der Waals surface area contributed by atoms with E-state index >= 15 is 0 Å². The molecule has 1 aromatic rings. The second-order valence-corrected chi connectivity index (χ2v) is 5.43. The summed E-state index contributed by atoms with van der Waals surface area (Å²) in [5.74, 6) is 0.949. The third-order valence-electron chi connectivity index (χ3n) is 4.07. The molecule has 1 aromatic carbocycles. The zero-order chi connectivity index (χ0) is 13.0. The van der Waals surface area contributed by atoms with Gasteiger partial charge >= 0.3 is 0 Å². The Morgan fingerprint density at radius 2 is 2.22 bits per heavy atom. The number of piperidine rings is 1. The van der Waals surface area contributed by atoms with Gasteiger partial charge in [0.2, 0.25) is 0 Å². The fourth-order valence-corrected chi connectivity index (χ4v) is 2.81. The van der Waals surface area contributed by atoms with Crippen molar-refractivity contribution in [2.24, 2.45) is 0 Å². The van der Waals surface area contributed by atoms with Gasteiger partial charge in [-0.2, -0.15) is 0 Å². The number of methoxy groups -OCH3 is 1. The van der Waals surface area contributed by atoms with Gasteiger partial charge in [-0.15, -0.1) is 0 Å². The SMILES string of the molecule is COc1cccc(CC2(N(C)C)CCCNC2)c1. The zero-order valence-corrected chi connectivity index (χ0v) is 11.7. The predicted octanol–water partition coefficient (Wildman–Crippen LogP) is 1.92. The average Bonchev–Trinajstić information content (AvgIpc) is 2.40. The molecule has 1 saturated heterocycles. The maximum absolute atomic E-state index is 5.31. The first-order chi connectivity index (χ1) is 8.66. The van der Waals surface area contributed by atoms with Gasteiger partial charge in [-0.3, -0.25) is 0 Å². The number of ether oxygens (including phenoxy) is 1. The van der Waals surface area contributed by atoms with E-state index in [-0.39, 0.29) is 5.54 Å². The van der Waals surface area contributed by atoms with Crippen molar-refractivity contribution in [1.82, 2.24) is 10.2 Å². The van der Waals surface area contributed by atoms with E-state index in [4.69, 9.17) is 4.74 Å². The number of benzene rings is 1. The molecule has 0 aliphatic carbocycles. The van der Waals surface area contributed by atoms with Gasteiger partial charge < -0.3 is 15.0 Å². The Hall–Kier alpha value is -1.06. The van der Waals surface area contributed by atoms with Crippen LogP contribution in [-0.4, -0.2) is 44.7 Å². The standard InChI is InChI=1S/C15H24N2O/c1-17(2)15(8-5-9-16-12-15)11-13-6-4-7-14(10-13)18-3/h4,6-7,10,16H,5,8-9,11-12H2,1-3H3. The number of nitrogens with one attached hydrogen (secondary N) is 1. The smallest absolute Gasteiger partial charge is 0.119 e. The third-order valence-corrected chi connectivity index (χ3v) is 4.07. The lowest BCUT2D eigenvalue weighted by atomic mass is 9.83. The first kappa shape index (κ1) is 13.4. The Morgan fingerprint density at radius 1 is 1.39 bits per heavy atom. The van der Waals surface area contributed by atoms with E-state index in [0.717, 1.165) is 25.3 Å². The van der Waals surface area contributed by atoms with Crippen LogP contribution in [0.5, 0.6) is 5.75 Å². The summed E-state index contributed by atoms with van der Waals surface area (Å²) < 4.78 is 5.31. The Morgan fingerprint density at radius 3 is 2.83 bits per heavy atom. The van der Waals surface area contributed by atoms with E-state index in [9.17, 15) is 0 Å². The molecular weight excluding hydrogens is 224 g/mol. The highest BCUT2D eigenvalue weighted by Crippen LogP contribution is 2.27. The van der Waals surface area contributed by atoms with E-state index in [1.165, 1.54) is 18.4 Å². The first-order valence-corrected chi connectivity index (χ1v) is 6.67. The molecule has 18 heavy (non-hydrogen) atoms. The van der Waals surface area contributed by atoms with Crippen molar-refractivity contribution >= 4 is 0 Å². The first-order valence-electron chi connectivity index (χ1n) is 6.67. The highest BCUT2D eigenvalue weighted by Gasteiger charge is 2.34. The monoisotopic (exact) mass is 248 g/mol. The summed E-state index contributed by atoms with van der Waals surface area (Å²) in [6, 6.07) is 8.43. The van der Waals surface area contributed by atoms with E-state index in [1.54, 1.807) is 7.11 Å². The van der Waals surface area contributed by atoms with Crippen molar-refractivity contribution in [3.63, 3.8) is 0 Å². The van der Waals surface area contributed by atoms with Gasteiger partial charge in [-0.1, -0.05) is 12.1 Å². The van der Waals surface area contributed by atoms with Gasteiger partial charge in [0.1, 0.15) is 5.75 Å². The molecule has 1 aliphatic heterocycles. The van der Waals surface area contributed by atoms with Crippen LogP contribution in [0.4, 0.5) is 0 Å². The number of nitrogens with zero attached hydrogens (tertiary/aromatic N) is 1. The largest absolute Gasteiger partial charge is 0.497 e. The minimum absolute atomic E-state index is 0.241. The summed E-state index contributed by atoms with van der Waals surface area (Å²) >= 11 is 0. The van der Waals surface area contributed by atoms with Crippen LogP contribution in [0.1, 0.15) is 18.4 Å². The lowest BCUT2D eigenvalue weighted by Gasteiger charge is -2.43. The van der Waals surface area contributed by atoms with Gasteiger partial charge in [0.25, 0.3) is 0 Å². The molecule has 100 valence electrons. The number of hydrogen-bond donors (Lipinski definition) is 1. The molecule has 1 atom stereocenters. The average molecular weight is 248 g/mol. The lowest BCUT2D eigenvalue weighted by Crippen LogP contribution is -2.56. The minimum Gasteiger partial charge on any atom is -0.497 e. The van der Waals surface area contributed by atoms with Gasteiger partial charge in [-0.25, -0.2) is 0 Å². The Balaban J connectivity index is 2.17.